The van der Waals surface area contributed by atoms with Crippen molar-refractivity contribution in [3.63, 3.8) is 0 Å². The second-order valence-corrected chi connectivity index (χ2v) is 8.80. The molecule has 4 rings (SSSR count). The lowest BCUT2D eigenvalue weighted by Crippen LogP contribution is -2.39. The van der Waals surface area contributed by atoms with Gasteiger partial charge in [0.15, 0.2) is 0 Å². The molecule has 1 saturated heterocycles. The molecule has 0 amide bonds. The van der Waals surface area contributed by atoms with Gasteiger partial charge in [0.05, 0.1) is 12.0 Å². The summed E-state index contributed by atoms with van der Waals surface area (Å²) in [6.07, 6.45) is 3.53. The van der Waals surface area contributed by atoms with Crippen molar-refractivity contribution in [2.24, 2.45) is 5.92 Å². The van der Waals surface area contributed by atoms with E-state index >= 15 is 0 Å². The van der Waals surface area contributed by atoms with Crippen molar-refractivity contribution in [2.45, 2.75) is 23.8 Å². The van der Waals surface area contributed by atoms with Crippen molar-refractivity contribution in [1.82, 2.24) is 4.90 Å². The van der Waals surface area contributed by atoms with Crippen molar-refractivity contribution < 1.29 is 9.90 Å². The molecule has 0 radical (unpaired) electrons. The number of carboxylic acid groups (broad SMARTS) is 1. The molecule has 1 N–H and O–H groups in total. The van der Waals surface area contributed by atoms with Crippen molar-refractivity contribution in [3.05, 3.63) is 65.0 Å². The second kappa shape index (κ2) is 8.05. The maximum Gasteiger partial charge on any atom is 0.306 e. The summed E-state index contributed by atoms with van der Waals surface area (Å²) in [5.41, 5.74) is 2.62. The Labute approximate surface area is 168 Å². The van der Waals surface area contributed by atoms with E-state index in [1.165, 1.54) is 26.1 Å². The minimum atomic E-state index is -0.656. The van der Waals surface area contributed by atoms with Gasteiger partial charge in [-0.25, -0.2) is 0 Å². The molecule has 1 aliphatic heterocycles. The van der Waals surface area contributed by atoms with Crippen LogP contribution in [0.1, 0.15) is 30.0 Å². The van der Waals surface area contributed by atoms with E-state index in [1.807, 2.05) is 0 Å². The van der Waals surface area contributed by atoms with Gasteiger partial charge in [0, 0.05) is 9.60 Å². The first kappa shape index (κ1) is 18.5. The van der Waals surface area contributed by atoms with Crippen LogP contribution in [0.5, 0.6) is 0 Å². The van der Waals surface area contributed by atoms with Crippen LogP contribution >= 0.6 is 23.1 Å². The van der Waals surface area contributed by atoms with E-state index in [2.05, 4.69) is 65.1 Å². The number of nitrogens with zero attached hydrogens (tertiary/aromatic N) is 1. The van der Waals surface area contributed by atoms with Crippen molar-refractivity contribution >= 4 is 39.2 Å². The molecule has 5 heteroatoms. The number of hydrogen-bond donors (Lipinski definition) is 1. The van der Waals surface area contributed by atoms with Crippen molar-refractivity contribution in [1.29, 1.82) is 0 Å². The number of thioether (sulfide) groups is 1. The average Bonchev–Trinajstić information content (AvgIpc) is 3.13. The number of aliphatic carboxylic acids is 1. The highest BCUT2D eigenvalue weighted by molar-refractivity contribution is 7.98. The number of piperidine rings is 1. The molecular formula is C22H23NO2S2. The summed E-state index contributed by atoms with van der Waals surface area (Å²) < 4.78 is 1.30. The van der Waals surface area contributed by atoms with E-state index in [0.29, 0.717) is 0 Å². The van der Waals surface area contributed by atoms with Crippen LogP contribution < -0.4 is 0 Å². The molecule has 1 unspecified atom stereocenters. The highest BCUT2D eigenvalue weighted by Gasteiger charge is 2.31. The van der Waals surface area contributed by atoms with E-state index in [4.69, 9.17) is 0 Å². The molecule has 1 atom stereocenters. The highest BCUT2D eigenvalue weighted by Crippen LogP contribution is 2.39. The van der Waals surface area contributed by atoms with Crippen LogP contribution in [-0.4, -0.2) is 35.3 Å². The summed E-state index contributed by atoms with van der Waals surface area (Å²) in [7, 11) is 0. The van der Waals surface area contributed by atoms with E-state index in [1.54, 1.807) is 23.1 Å². The van der Waals surface area contributed by atoms with Gasteiger partial charge in [0.2, 0.25) is 0 Å². The van der Waals surface area contributed by atoms with Gasteiger partial charge in [0.25, 0.3) is 0 Å². The zero-order valence-electron chi connectivity index (χ0n) is 15.3. The Hall–Kier alpha value is -1.82. The number of benzene rings is 2. The van der Waals surface area contributed by atoms with Crippen LogP contribution in [0.4, 0.5) is 0 Å². The Morgan fingerprint density at radius 1 is 1.15 bits per heavy atom. The molecule has 0 spiro atoms. The molecule has 2 aromatic carbocycles. The zero-order chi connectivity index (χ0) is 18.8. The van der Waals surface area contributed by atoms with Crippen LogP contribution in [0.3, 0.4) is 0 Å². The monoisotopic (exact) mass is 397 g/mol. The van der Waals surface area contributed by atoms with E-state index in [0.717, 1.165) is 25.9 Å². The van der Waals surface area contributed by atoms with Crippen LogP contribution in [0.2, 0.25) is 0 Å². The minimum Gasteiger partial charge on any atom is -0.481 e. The predicted molar refractivity (Wildman–Crippen MR) is 114 cm³/mol. The Bertz CT molecular complexity index is 927. The van der Waals surface area contributed by atoms with Gasteiger partial charge in [-0.05, 0) is 72.3 Å². The third-order valence-corrected chi connectivity index (χ3v) is 7.21. The van der Waals surface area contributed by atoms with Gasteiger partial charge >= 0.3 is 5.97 Å². The lowest BCUT2D eigenvalue weighted by Gasteiger charge is -2.37. The predicted octanol–water partition coefficient (Wildman–Crippen LogP) is 5.51. The SMILES string of the molecule is CSc1ccc(C(c2csc3ccccc23)N2CCC(C(=O)O)CC2)cc1. The Kier molecular flexibility index (Phi) is 5.53. The fraction of sp³-hybridized carbons (Fsp3) is 0.318. The summed E-state index contributed by atoms with van der Waals surface area (Å²) in [5.74, 6) is -0.864. The number of hydrogen-bond acceptors (Lipinski definition) is 4. The van der Waals surface area contributed by atoms with Crippen LogP contribution in [0, 0.1) is 5.92 Å². The normalized spacial score (nSPS) is 17.2. The van der Waals surface area contributed by atoms with Crippen LogP contribution in [0.15, 0.2) is 58.8 Å². The fourth-order valence-electron chi connectivity index (χ4n) is 3.99. The maximum absolute atomic E-state index is 11.4. The lowest BCUT2D eigenvalue weighted by atomic mass is 9.91. The molecule has 27 heavy (non-hydrogen) atoms. The van der Waals surface area contributed by atoms with E-state index in [9.17, 15) is 9.90 Å². The molecule has 0 saturated carbocycles. The summed E-state index contributed by atoms with van der Waals surface area (Å²) >= 11 is 3.54. The van der Waals surface area contributed by atoms with Gasteiger partial charge in [-0.1, -0.05) is 30.3 Å². The summed E-state index contributed by atoms with van der Waals surface area (Å²) in [5, 5.41) is 12.9. The quantitative estimate of drug-likeness (QED) is 0.576. The Balaban J connectivity index is 1.72. The number of fused-ring (bicyclic) bond motifs is 1. The second-order valence-electron chi connectivity index (χ2n) is 7.01. The number of rotatable bonds is 5. The van der Waals surface area contributed by atoms with E-state index < -0.39 is 5.97 Å². The number of carboxylic acids is 1. The first-order valence-electron chi connectivity index (χ1n) is 9.24. The smallest absolute Gasteiger partial charge is 0.306 e. The van der Waals surface area contributed by atoms with Gasteiger partial charge < -0.3 is 5.11 Å². The lowest BCUT2D eigenvalue weighted by molar-refractivity contribution is -0.143. The van der Waals surface area contributed by atoms with Gasteiger partial charge in [-0.3, -0.25) is 9.69 Å². The summed E-state index contributed by atoms with van der Waals surface area (Å²) in [6, 6.07) is 17.6. The number of thiophene rings is 1. The van der Waals surface area contributed by atoms with Crippen molar-refractivity contribution in [3.8, 4) is 0 Å². The van der Waals surface area contributed by atoms with Crippen LogP contribution in [0.25, 0.3) is 10.1 Å². The topological polar surface area (TPSA) is 40.5 Å². The minimum absolute atomic E-state index is 0.173. The molecular weight excluding hydrogens is 374 g/mol. The number of carbonyl (C=O) groups is 1. The Morgan fingerprint density at radius 2 is 1.85 bits per heavy atom. The zero-order valence-corrected chi connectivity index (χ0v) is 16.9. The molecule has 1 aliphatic rings. The molecule has 1 aromatic heterocycles. The first-order valence-corrected chi connectivity index (χ1v) is 11.3. The third kappa shape index (κ3) is 3.77. The molecule has 3 aromatic rings. The highest BCUT2D eigenvalue weighted by atomic mass is 32.2. The Morgan fingerprint density at radius 3 is 2.52 bits per heavy atom. The molecule has 1 fully saturated rings. The summed E-state index contributed by atoms with van der Waals surface area (Å²) in [4.78, 5) is 15.1. The standard InChI is InChI=1S/C22H23NO2S2/c1-26-17-8-6-15(7-9-17)21(23-12-10-16(11-13-23)22(24)25)19-14-27-20-5-3-2-4-18(19)20/h2-9,14,16,21H,10-13H2,1H3,(H,24,25). The van der Waals surface area contributed by atoms with Crippen LogP contribution in [-0.2, 0) is 4.79 Å². The molecule has 3 nitrogen and oxygen atoms in total. The maximum atomic E-state index is 11.4. The molecule has 2 heterocycles. The van der Waals surface area contributed by atoms with Gasteiger partial charge in [-0.15, -0.1) is 23.1 Å². The summed E-state index contributed by atoms with van der Waals surface area (Å²) in [6.45, 7) is 1.63. The largest absolute Gasteiger partial charge is 0.481 e. The first-order chi connectivity index (χ1) is 13.2. The van der Waals surface area contributed by atoms with Crippen molar-refractivity contribution in [2.75, 3.05) is 19.3 Å². The van der Waals surface area contributed by atoms with E-state index in [-0.39, 0.29) is 12.0 Å². The van der Waals surface area contributed by atoms with Gasteiger partial charge in [-0.2, -0.15) is 0 Å². The fourth-order valence-corrected chi connectivity index (χ4v) is 5.38. The average molecular weight is 398 g/mol. The van der Waals surface area contributed by atoms with Gasteiger partial charge in [0.1, 0.15) is 0 Å². The number of likely N-dealkylation sites (tertiary alicyclic amines) is 1. The molecule has 0 aliphatic carbocycles. The molecule has 0 bridgehead atoms. The third-order valence-electron chi connectivity index (χ3n) is 5.48. The molecule has 140 valence electrons.